The first-order valence-electron chi connectivity index (χ1n) is 6.55. The van der Waals surface area contributed by atoms with Crippen molar-refractivity contribution in [2.45, 2.75) is 6.42 Å². The van der Waals surface area contributed by atoms with Crippen LogP contribution in [0.15, 0.2) is 66.7 Å². The summed E-state index contributed by atoms with van der Waals surface area (Å²) >= 11 is 0. The molecule has 1 aromatic carbocycles. The van der Waals surface area contributed by atoms with Crippen LogP contribution < -0.4 is 0 Å². The van der Waals surface area contributed by atoms with Gasteiger partial charge in [-0.05, 0) is 29.3 Å². The maximum absolute atomic E-state index is 11.8. The summed E-state index contributed by atoms with van der Waals surface area (Å²) in [6, 6.07) is 13.0. The summed E-state index contributed by atoms with van der Waals surface area (Å²) in [4.78, 5) is 16.0. The van der Waals surface area contributed by atoms with Crippen molar-refractivity contribution in [3.8, 4) is 11.1 Å². The molecule has 0 bridgehead atoms. The molecule has 3 rings (SSSR count). The number of hydrogen-bond acceptors (Lipinski definition) is 2. The average molecular weight is 262 g/mol. The topological polar surface area (TPSA) is 33.0 Å². The molecule has 0 amide bonds. The third kappa shape index (κ3) is 2.57. The highest BCUT2D eigenvalue weighted by molar-refractivity contribution is 5.66. The van der Waals surface area contributed by atoms with E-state index in [-0.39, 0.29) is 0 Å². The van der Waals surface area contributed by atoms with Crippen LogP contribution in [0, 0.1) is 11.0 Å². The first-order chi connectivity index (χ1) is 9.84. The van der Waals surface area contributed by atoms with Crippen LogP contribution in [0.5, 0.6) is 0 Å². The molecule has 1 radical (unpaired) electrons. The van der Waals surface area contributed by atoms with Crippen LogP contribution in [-0.2, 0) is 6.42 Å². The van der Waals surface area contributed by atoms with E-state index >= 15 is 0 Å². The maximum atomic E-state index is 11.8. The predicted molar refractivity (Wildman–Crippen MR) is 77.9 cm³/mol. The molecular formula is C17H14N2O+. The highest BCUT2D eigenvalue weighted by atomic mass is 16.3. The Morgan fingerprint density at radius 2 is 2.25 bits per heavy atom. The van der Waals surface area contributed by atoms with E-state index in [1.807, 2.05) is 54.8 Å². The number of pyridine rings is 1. The van der Waals surface area contributed by atoms with Gasteiger partial charge in [0.05, 0.1) is 6.42 Å². The van der Waals surface area contributed by atoms with Crippen molar-refractivity contribution in [3.63, 3.8) is 0 Å². The van der Waals surface area contributed by atoms with E-state index in [9.17, 15) is 4.91 Å². The van der Waals surface area contributed by atoms with Crippen molar-refractivity contribution in [2.75, 3.05) is 6.54 Å². The Hall–Kier alpha value is -2.55. The van der Waals surface area contributed by atoms with Gasteiger partial charge in [-0.25, -0.2) is 0 Å². The fourth-order valence-corrected chi connectivity index (χ4v) is 2.27. The van der Waals surface area contributed by atoms with Crippen molar-refractivity contribution < 1.29 is 4.76 Å². The van der Waals surface area contributed by atoms with Gasteiger partial charge in [0.2, 0.25) is 12.2 Å². The molecule has 1 aromatic heterocycles. The van der Waals surface area contributed by atoms with E-state index in [1.165, 1.54) is 0 Å². The molecule has 0 saturated carbocycles. The molecule has 1 aliphatic heterocycles. The van der Waals surface area contributed by atoms with E-state index in [2.05, 4.69) is 11.1 Å². The molecule has 2 heterocycles. The molecule has 0 unspecified atom stereocenters. The molecule has 20 heavy (non-hydrogen) atoms. The van der Waals surface area contributed by atoms with E-state index in [1.54, 1.807) is 6.20 Å². The lowest BCUT2D eigenvalue weighted by molar-refractivity contribution is -0.491. The molecule has 3 heteroatoms. The zero-order valence-corrected chi connectivity index (χ0v) is 11.0. The number of nitrogens with zero attached hydrogens (tertiary/aromatic N) is 2. The monoisotopic (exact) mass is 262 g/mol. The number of allylic oxidation sites excluding steroid dienone is 3. The van der Waals surface area contributed by atoms with Crippen molar-refractivity contribution >= 4 is 0 Å². The van der Waals surface area contributed by atoms with E-state index < -0.39 is 0 Å². The van der Waals surface area contributed by atoms with Gasteiger partial charge in [-0.1, -0.05) is 30.3 Å². The lowest BCUT2D eigenvalue weighted by Gasteiger charge is -2.08. The Kier molecular flexibility index (Phi) is 3.50. The summed E-state index contributed by atoms with van der Waals surface area (Å²) in [5.74, 6) is 0. The van der Waals surface area contributed by atoms with Crippen LogP contribution in [-0.4, -0.2) is 16.3 Å². The SMILES string of the molecule is O=[N+]1CC=CC=C1Cc1[c]cccc1-c1cccnc1. The first kappa shape index (κ1) is 12.5. The predicted octanol–water partition coefficient (Wildman–Crippen LogP) is 3.32. The first-order valence-corrected chi connectivity index (χ1v) is 6.55. The second-order valence-electron chi connectivity index (χ2n) is 4.63. The second kappa shape index (κ2) is 5.61. The van der Waals surface area contributed by atoms with Crippen molar-refractivity contribution in [3.05, 3.63) is 83.2 Å². The Bertz CT molecular complexity index is 687. The quantitative estimate of drug-likeness (QED) is 0.795. The molecule has 0 aliphatic carbocycles. The Balaban J connectivity index is 1.97. The highest BCUT2D eigenvalue weighted by Crippen LogP contribution is 2.25. The number of rotatable bonds is 3. The molecule has 0 N–H and O–H groups in total. The zero-order chi connectivity index (χ0) is 13.8. The molecule has 3 nitrogen and oxygen atoms in total. The lowest BCUT2D eigenvalue weighted by Crippen LogP contribution is -2.12. The Labute approximate surface area is 117 Å². The minimum atomic E-state index is 0.418. The molecule has 1 aliphatic rings. The molecular weight excluding hydrogens is 248 g/mol. The Morgan fingerprint density at radius 3 is 3.05 bits per heavy atom. The summed E-state index contributed by atoms with van der Waals surface area (Å²) < 4.78 is 1.02. The molecule has 0 saturated heterocycles. The summed E-state index contributed by atoms with van der Waals surface area (Å²) in [7, 11) is 0. The third-order valence-electron chi connectivity index (χ3n) is 3.29. The molecule has 2 aromatic rings. The van der Waals surface area contributed by atoms with Crippen LogP contribution >= 0.6 is 0 Å². The highest BCUT2D eigenvalue weighted by Gasteiger charge is 2.20. The zero-order valence-electron chi connectivity index (χ0n) is 11.0. The van der Waals surface area contributed by atoms with Gasteiger partial charge >= 0.3 is 0 Å². The lowest BCUT2D eigenvalue weighted by atomic mass is 9.97. The van der Waals surface area contributed by atoms with Crippen LogP contribution in [0.4, 0.5) is 0 Å². The minimum absolute atomic E-state index is 0.418. The third-order valence-corrected chi connectivity index (χ3v) is 3.29. The normalized spacial score (nSPS) is 14.2. The van der Waals surface area contributed by atoms with Crippen LogP contribution in [0.3, 0.4) is 0 Å². The Morgan fingerprint density at radius 1 is 1.30 bits per heavy atom. The van der Waals surface area contributed by atoms with Gasteiger partial charge in [-0.2, -0.15) is 0 Å². The number of benzene rings is 1. The van der Waals surface area contributed by atoms with Crippen molar-refractivity contribution in [2.24, 2.45) is 0 Å². The summed E-state index contributed by atoms with van der Waals surface area (Å²) in [5, 5.41) is 0. The second-order valence-corrected chi connectivity index (χ2v) is 4.63. The van der Waals surface area contributed by atoms with Crippen LogP contribution in [0.25, 0.3) is 11.1 Å². The van der Waals surface area contributed by atoms with Crippen molar-refractivity contribution in [1.29, 1.82) is 0 Å². The molecule has 0 atom stereocenters. The van der Waals surface area contributed by atoms with Crippen LogP contribution in [0.1, 0.15) is 5.56 Å². The molecule has 0 spiro atoms. The minimum Gasteiger partial charge on any atom is -0.264 e. The average Bonchev–Trinajstić information content (AvgIpc) is 2.51. The van der Waals surface area contributed by atoms with Gasteiger partial charge in [0, 0.05) is 33.7 Å². The number of hydrogen-bond donors (Lipinski definition) is 0. The summed E-state index contributed by atoms with van der Waals surface area (Å²) in [6.45, 7) is 0.418. The largest absolute Gasteiger partial charge is 0.264 e. The summed E-state index contributed by atoms with van der Waals surface area (Å²) in [6.07, 6.45) is 9.81. The fourth-order valence-electron chi connectivity index (χ4n) is 2.27. The standard InChI is InChI=1S/C17H14N2O/c20-19-11-4-3-8-16(19)12-14-6-1-2-9-17(14)15-7-5-10-18-13-15/h1-5,7-10,13H,11-12H2/q+1. The van der Waals surface area contributed by atoms with Gasteiger partial charge in [0.25, 0.3) is 0 Å². The van der Waals surface area contributed by atoms with Gasteiger partial charge in [0.15, 0.2) is 0 Å². The fraction of sp³-hybridized carbons (Fsp3) is 0.118. The smallest absolute Gasteiger partial charge is 0.237 e. The van der Waals surface area contributed by atoms with Gasteiger partial charge < -0.3 is 0 Å². The maximum Gasteiger partial charge on any atom is 0.237 e. The summed E-state index contributed by atoms with van der Waals surface area (Å²) in [5.41, 5.74) is 3.90. The number of aromatic nitrogens is 1. The van der Waals surface area contributed by atoms with E-state index in [0.717, 1.165) is 27.1 Å². The molecule has 0 fully saturated rings. The van der Waals surface area contributed by atoms with Crippen molar-refractivity contribution in [1.82, 2.24) is 4.98 Å². The number of nitroso groups, excluding NO2 is 1. The van der Waals surface area contributed by atoms with Gasteiger partial charge in [0.1, 0.15) is 0 Å². The molecule has 97 valence electrons. The van der Waals surface area contributed by atoms with E-state index in [0.29, 0.717) is 13.0 Å². The van der Waals surface area contributed by atoms with Crippen LogP contribution in [0.2, 0.25) is 0 Å². The van der Waals surface area contributed by atoms with Gasteiger partial charge in [-0.3, -0.25) is 4.98 Å². The van der Waals surface area contributed by atoms with E-state index in [4.69, 9.17) is 0 Å². The van der Waals surface area contributed by atoms with Gasteiger partial charge in [-0.15, -0.1) is 0 Å².